The topological polar surface area (TPSA) is 113 Å². The van der Waals surface area contributed by atoms with Crippen molar-refractivity contribution in [3.05, 3.63) is 77.4 Å². The molecule has 2 aromatic carbocycles. The van der Waals surface area contributed by atoms with E-state index in [1.165, 1.54) is 17.5 Å². The summed E-state index contributed by atoms with van der Waals surface area (Å²) in [7, 11) is 0. The number of rotatable bonds is 4. The maximum Gasteiger partial charge on any atom is 0.265 e. The highest BCUT2D eigenvalue weighted by molar-refractivity contribution is 7.20. The second-order valence-electron chi connectivity index (χ2n) is 5.95. The molecule has 0 saturated heterocycles. The molecule has 1 amide bonds. The van der Waals surface area contributed by atoms with E-state index in [2.05, 4.69) is 27.0 Å². The fraction of sp³-hybridized carbons (Fsp3) is 0. The Morgan fingerprint density at radius 2 is 1.96 bits per heavy atom. The van der Waals surface area contributed by atoms with Gasteiger partial charge in [-0.25, -0.2) is 9.97 Å². The molecule has 0 atom stereocenters. The molecule has 4 aromatic rings. The molecule has 8 heteroatoms. The average molecular weight is 389 g/mol. The van der Waals surface area contributed by atoms with Gasteiger partial charge in [0, 0.05) is 10.9 Å². The second kappa shape index (κ2) is 7.09. The molecule has 4 rings (SSSR count). The van der Waals surface area contributed by atoms with E-state index in [4.69, 9.17) is 5.73 Å². The summed E-state index contributed by atoms with van der Waals surface area (Å²) in [6, 6.07) is 15.2. The number of nitrogens with two attached hydrogens (primary N) is 1. The fourth-order valence-corrected chi connectivity index (χ4v) is 3.91. The van der Waals surface area contributed by atoms with Gasteiger partial charge >= 0.3 is 0 Å². The molecule has 2 aromatic heterocycles. The second-order valence-corrected chi connectivity index (χ2v) is 6.98. The van der Waals surface area contributed by atoms with Crippen molar-refractivity contribution in [3.8, 4) is 0 Å². The Bertz CT molecular complexity index is 1260. The number of nitrogen functional groups attached to an aromatic ring is 1. The lowest BCUT2D eigenvalue weighted by molar-refractivity contribution is 0.0974. The van der Waals surface area contributed by atoms with Crippen molar-refractivity contribution in [3.63, 3.8) is 0 Å². The number of carbonyl (C=O) groups excluding carboxylic acids is 1. The highest BCUT2D eigenvalue weighted by atomic mass is 32.1. The third-order valence-corrected chi connectivity index (χ3v) is 5.24. The molecule has 0 saturated carbocycles. The van der Waals surface area contributed by atoms with E-state index in [1.807, 2.05) is 42.5 Å². The van der Waals surface area contributed by atoms with Crippen LogP contribution in [0.5, 0.6) is 0 Å². The van der Waals surface area contributed by atoms with Gasteiger partial charge in [0.25, 0.3) is 5.91 Å². The minimum Gasteiger partial charge on any atom is -0.410 e. The molecule has 0 spiro atoms. The summed E-state index contributed by atoms with van der Waals surface area (Å²) in [5, 5.41) is 18.4. The van der Waals surface area contributed by atoms with E-state index in [0.717, 1.165) is 10.8 Å². The monoisotopic (exact) mass is 389 g/mol. The maximum absolute atomic E-state index is 12.1. The Morgan fingerprint density at radius 1 is 1.18 bits per heavy atom. The minimum absolute atomic E-state index is 0.0296. The zero-order chi connectivity index (χ0) is 19.7. The van der Waals surface area contributed by atoms with Gasteiger partial charge in [0.15, 0.2) is 0 Å². The van der Waals surface area contributed by atoms with E-state index in [9.17, 15) is 10.0 Å². The van der Waals surface area contributed by atoms with Crippen LogP contribution >= 0.6 is 11.3 Å². The Morgan fingerprint density at radius 3 is 2.71 bits per heavy atom. The summed E-state index contributed by atoms with van der Waals surface area (Å²) in [6.07, 6.45) is 1.31. The summed E-state index contributed by atoms with van der Waals surface area (Å²) >= 11 is 1.17. The summed E-state index contributed by atoms with van der Waals surface area (Å²) < 4.78 is 0. The summed E-state index contributed by atoms with van der Waals surface area (Å²) in [5.74, 6) is -0.280. The van der Waals surface area contributed by atoms with E-state index < -0.39 is 0 Å². The van der Waals surface area contributed by atoms with Crippen molar-refractivity contribution in [2.75, 3.05) is 5.73 Å². The molecule has 0 aliphatic carbocycles. The quantitative estimate of drug-likeness (QED) is 0.281. The molecule has 0 bridgehead atoms. The van der Waals surface area contributed by atoms with Gasteiger partial charge in [0.2, 0.25) is 5.95 Å². The Balaban J connectivity index is 1.89. The van der Waals surface area contributed by atoms with Gasteiger partial charge in [0.05, 0.1) is 4.88 Å². The number of aromatic nitrogens is 2. The van der Waals surface area contributed by atoms with Crippen LogP contribution in [0.15, 0.2) is 66.5 Å². The highest BCUT2D eigenvalue weighted by Crippen LogP contribution is 2.29. The smallest absolute Gasteiger partial charge is 0.265 e. The zero-order valence-corrected chi connectivity index (χ0v) is 15.4. The molecule has 7 nitrogen and oxygen atoms in total. The Labute approximate surface area is 163 Å². The van der Waals surface area contributed by atoms with E-state index >= 15 is 0 Å². The number of fused-ring (bicyclic) bond motifs is 2. The van der Waals surface area contributed by atoms with E-state index in [-0.39, 0.29) is 17.6 Å². The van der Waals surface area contributed by atoms with Crippen LogP contribution in [-0.4, -0.2) is 26.8 Å². The summed E-state index contributed by atoms with van der Waals surface area (Å²) in [4.78, 5) is 21.6. The number of thiophene rings is 1. The first kappa shape index (κ1) is 17.6. The molecule has 138 valence electrons. The van der Waals surface area contributed by atoms with Crippen LogP contribution in [-0.2, 0) is 0 Å². The normalized spacial score (nSPS) is 11.6. The molecule has 2 heterocycles. The average Bonchev–Trinajstić information content (AvgIpc) is 3.13. The Hall–Kier alpha value is -3.78. The van der Waals surface area contributed by atoms with Gasteiger partial charge in [-0.1, -0.05) is 48.1 Å². The lowest BCUT2D eigenvalue weighted by Crippen LogP contribution is -2.14. The maximum atomic E-state index is 12.1. The van der Waals surface area contributed by atoms with Crippen LogP contribution in [0.3, 0.4) is 0 Å². The van der Waals surface area contributed by atoms with E-state index in [0.29, 0.717) is 26.4 Å². The highest BCUT2D eigenvalue weighted by Gasteiger charge is 2.20. The predicted molar refractivity (Wildman–Crippen MR) is 111 cm³/mol. The lowest BCUT2D eigenvalue weighted by Gasteiger charge is -2.08. The first-order valence-electron chi connectivity index (χ1n) is 8.31. The number of carbonyl (C=O) groups is 1. The molecule has 4 N–H and O–H groups in total. The number of hydrogen-bond acceptors (Lipinski definition) is 7. The van der Waals surface area contributed by atoms with Crippen molar-refractivity contribution >= 4 is 49.9 Å². The van der Waals surface area contributed by atoms with Crippen molar-refractivity contribution in [1.82, 2.24) is 15.3 Å². The third-order valence-electron chi connectivity index (χ3n) is 4.21. The number of amides is 1. The van der Waals surface area contributed by atoms with Crippen molar-refractivity contribution in [1.29, 1.82) is 0 Å². The van der Waals surface area contributed by atoms with Crippen LogP contribution in [0.4, 0.5) is 5.95 Å². The largest absolute Gasteiger partial charge is 0.410 e. The molecule has 0 fully saturated rings. The van der Waals surface area contributed by atoms with Gasteiger partial charge in [0.1, 0.15) is 16.2 Å². The van der Waals surface area contributed by atoms with Gasteiger partial charge in [-0.2, -0.15) is 0 Å². The van der Waals surface area contributed by atoms with Gasteiger partial charge in [-0.3, -0.25) is 4.79 Å². The van der Waals surface area contributed by atoms with Crippen LogP contribution in [0.2, 0.25) is 0 Å². The first-order chi connectivity index (χ1) is 13.6. The summed E-state index contributed by atoms with van der Waals surface area (Å²) in [6.45, 7) is 3.49. The van der Waals surface area contributed by atoms with Crippen LogP contribution < -0.4 is 11.1 Å². The number of nitrogens with zero attached hydrogens (tertiary/aromatic N) is 3. The molecule has 0 unspecified atom stereocenters. The zero-order valence-electron chi connectivity index (χ0n) is 14.6. The third kappa shape index (κ3) is 3.06. The number of benzene rings is 2. The van der Waals surface area contributed by atoms with Gasteiger partial charge in [-0.15, -0.1) is 11.3 Å². The minimum atomic E-state index is -0.310. The Kier molecular flexibility index (Phi) is 4.46. The summed E-state index contributed by atoms with van der Waals surface area (Å²) in [5.41, 5.74) is 7.14. The number of oxime groups is 1. The number of nitrogens with one attached hydrogen (secondary N) is 1. The van der Waals surface area contributed by atoms with Gasteiger partial charge in [-0.05, 0) is 29.1 Å². The van der Waals surface area contributed by atoms with Crippen LogP contribution in [0.1, 0.15) is 20.9 Å². The SMILES string of the molecule is C=CNC(=O)c1cc2c(/C(=N\O)c3ccc4ccccc4c3)nc(N)nc2s1. The van der Waals surface area contributed by atoms with Crippen molar-refractivity contribution in [2.24, 2.45) is 5.16 Å². The first-order valence-corrected chi connectivity index (χ1v) is 9.13. The molecule has 28 heavy (non-hydrogen) atoms. The van der Waals surface area contributed by atoms with Gasteiger partial charge < -0.3 is 16.3 Å². The van der Waals surface area contributed by atoms with Crippen LogP contribution in [0.25, 0.3) is 21.0 Å². The number of hydrogen-bond donors (Lipinski definition) is 3. The molecule has 0 aliphatic heterocycles. The standard InChI is InChI=1S/C20H15N5O2S/c1-2-22-18(26)15-10-14-17(23-20(21)24-19(14)28-15)16(25-27)13-8-7-11-5-3-4-6-12(11)9-13/h2-10,27H,1H2,(H,22,26)(H2,21,23,24)/b25-16-. The fourth-order valence-electron chi connectivity index (χ4n) is 2.97. The molecule has 0 aliphatic rings. The molecular formula is C20H15N5O2S. The van der Waals surface area contributed by atoms with E-state index in [1.54, 1.807) is 6.07 Å². The van der Waals surface area contributed by atoms with Crippen LogP contribution in [0, 0.1) is 0 Å². The predicted octanol–water partition coefficient (Wildman–Crippen LogP) is 3.53. The lowest BCUT2D eigenvalue weighted by atomic mass is 10.0. The van der Waals surface area contributed by atoms with Crippen molar-refractivity contribution < 1.29 is 10.0 Å². The molecular weight excluding hydrogens is 374 g/mol. The van der Waals surface area contributed by atoms with Crippen molar-refractivity contribution in [2.45, 2.75) is 0 Å². The number of anilines is 1. The molecule has 0 radical (unpaired) electrons.